The summed E-state index contributed by atoms with van der Waals surface area (Å²) in [5.41, 5.74) is 1.91. The van der Waals surface area contributed by atoms with Crippen LogP contribution in [0.5, 0.6) is 0 Å². The van der Waals surface area contributed by atoms with Gasteiger partial charge in [0.15, 0.2) is 5.82 Å². The highest BCUT2D eigenvalue weighted by atomic mass is 16.5. The average molecular weight is 377 g/mol. The van der Waals surface area contributed by atoms with E-state index in [4.69, 9.17) is 4.52 Å². The molecule has 2 N–H and O–H groups in total. The van der Waals surface area contributed by atoms with Crippen LogP contribution in [0.2, 0.25) is 0 Å². The van der Waals surface area contributed by atoms with Crippen molar-refractivity contribution in [1.29, 1.82) is 0 Å². The molecule has 0 radical (unpaired) electrons. The maximum absolute atomic E-state index is 12.2. The summed E-state index contributed by atoms with van der Waals surface area (Å²) < 4.78 is 5.51. The molecule has 3 aromatic rings. The van der Waals surface area contributed by atoms with Crippen LogP contribution >= 0.6 is 0 Å². The van der Waals surface area contributed by atoms with Gasteiger partial charge in [0.1, 0.15) is 0 Å². The third-order valence-electron chi connectivity index (χ3n) is 4.89. The van der Waals surface area contributed by atoms with E-state index in [1.807, 2.05) is 67.7 Å². The van der Waals surface area contributed by atoms with Crippen molar-refractivity contribution in [3.63, 3.8) is 0 Å². The Kier molecular flexibility index (Phi) is 5.34. The van der Waals surface area contributed by atoms with Crippen LogP contribution in [0.1, 0.15) is 29.7 Å². The lowest BCUT2D eigenvalue weighted by atomic mass is 10.1. The Morgan fingerprint density at radius 2 is 1.86 bits per heavy atom. The Labute approximate surface area is 163 Å². The number of hydrogen-bond donors (Lipinski definition) is 2. The number of urea groups is 1. The van der Waals surface area contributed by atoms with Gasteiger partial charge in [-0.25, -0.2) is 4.79 Å². The maximum Gasteiger partial charge on any atom is 0.319 e. The summed E-state index contributed by atoms with van der Waals surface area (Å²) in [4.78, 5) is 18.9. The number of anilines is 1. The van der Waals surface area contributed by atoms with Gasteiger partial charge in [-0.05, 0) is 31.2 Å². The first-order chi connectivity index (χ1) is 13.7. The Bertz CT molecular complexity index is 913. The van der Waals surface area contributed by atoms with Crippen LogP contribution in [0.3, 0.4) is 0 Å². The summed E-state index contributed by atoms with van der Waals surface area (Å²) >= 11 is 0. The highest BCUT2D eigenvalue weighted by molar-refractivity contribution is 5.89. The molecule has 2 heterocycles. The normalized spacial score (nSPS) is 19.5. The lowest BCUT2D eigenvalue weighted by Gasteiger charge is -2.14. The lowest BCUT2D eigenvalue weighted by Crippen LogP contribution is -2.39. The molecule has 7 heteroatoms. The van der Waals surface area contributed by atoms with Crippen LogP contribution in [0.15, 0.2) is 65.2 Å². The highest BCUT2D eigenvalue weighted by Gasteiger charge is 2.35. The topological polar surface area (TPSA) is 83.3 Å². The molecule has 0 saturated carbocycles. The summed E-state index contributed by atoms with van der Waals surface area (Å²) in [7, 11) is 2.00. The van der Waals surface area contributed by atoms with Crippen molar-refractivity contribution in [3.8, 4) is 0 Å². The van der Waals surface area contributed by atoms with Crippen LogP contribution < -0.4 is 10.6 Å². The van der Waals surface area contributed by atoms with Gasteiger partial charge >= 0.3 is 6.03 Å². The minimum atomic E-state index is -0.208. The Balaban J connectivity index is 1.34. The number of likely N-dealkylation sites (N-methyl/N-ethyl adjacent to an activating group) is 1. The Hall–Kier alpha value is -3.19. The van der Waals surface area contributed by atoms with Crippen LogP contribution in [0.4, 0.5) is 10.5 Å². The number of nitrogens with zero attached hydrogens (tertiary/aromatic N) is 3. The van der Waals surface area contributed by atoms with Crippen molar-refractivity contribution in [3.05, 3.63) is 77.9 Å². The third kappa shape index (κ3) is 4.37. The van der Waals surface area contributed by atoms with Crippen LogP contribution in [-0.2, 0) is 6.42 Å². The fourth-order valence-corrected chi connectivity index (χ4v) is 3.52. The first-order valence-corrected chi connectivity index (χ1v) is 9.36. The fraction of sp³-hybridized carbons (Fsp3) is 0.286. The summed E-state index contributed by atoms with van der Waals surface area (Å²) in [6, 6.07) is 19.3. The minimum Gasteiger partial charge on any atom is -0.338 e. The molecule has 2 atom stereocenters. The number of amides is 2. The maximum atomic E-state index is 12.2. The molecule has 2 amide bonds. The molecule has 1 saturated heterocycles. The summed E-state index contributed by atoms with van der Waals surface area (Å²) in [5, 5.41) is 9.99. The van der Waals surface area contributed by atoms with E-state index >= 15 is 0 Å². The molecule has 4 rings (SSSR count). The van der Waals surface area contributed by atoms with E-state index in [2.05, 4.69) is 25.7 Å². The van der Waals surface area contributed by atoms with Crippen LogP contribution in [0.25, 0.3) is 0 Å². The molecule has 1 fully saturated rings. The number of nitrogens with one attached hydrogen (secondary N) is 2. The molecule has 1 aliphatic rings. The van der Waals surface area contributed by atoms with Crippen LogP contribution in [-0.4, -0.2) is 40.7 Å². The molecule has 0 aliphatic carbocycles. The zero-order valence-corrected chi connectivity index (χ0v) is 15.7. The van der Waals surface area contributed by atoms with Gasteiger partial charge in [-0.2, -0.15) is 4.98 Å². The first kappa shape index (κ1) is 18.2. The molecule has 7 nitrogen and oxygen atoms in total. The molecule has 144 valence electrons. The van der Waals surface area contributed by atoms with Crippen molar-refractivity contribution >= 4 is 11.7 Å². The van der Waals surface area contributed by atoms with Gasteiger partial charge in [-0.15, -0.1) is 0 Å². The zero-order chi connectivity index (χ0) is 19.3. The predicted molar refractivity (Wildman–Crippen MR) is 106 cm³/mol. The Morgan fingerprint density at radius 3 is 2.61 bits per heavy atom. The molecule has 1 aromatic heterocycles. The van der Waals surface area contributed by atoms with Gasteiger partial charge in [0, 0.05) is 24.7 Å². The number of carbonyl (C=O) groups excluding carboxylic acids is 1. The molecule has 0 bridgehead atoms. The number of aromatic nitrogens is 2. The van der Waals surface area contributed by atoms with Crippen molar-refractivity contribution in [2.75, 3.05) is 18.9 Å². The second kappa shape index (κ2) is 8.22. The number of likely N-dealkylation sites (tertiary alicyclic amines) is 1. The summed E-state index contributed by atoms with van der Waals surface area (Å²) in [5.74, 6) is 1.27. The molecule has 1 aliphatic heterocycles. The zero-order valence-electron chi connectivity index (χ0n) is 15.7. The van der Waals surface area contributed by atoms with Crippen LogP contribution in [0, 0.1) is 0 Å². The highest BCUT2D eigenvalue weighted by Crippen LogP contribution is 2.29. The molecule has 2 aromatic carbocycles. The van der Waals surface area contributed by atoms with Gasteiger partial charge in [0.05, 0.1) is 6.04 Å². The number of benzene rings is 2. The summed E-state index contributed by atoms with van der Waals surface area (Å²) in [6.07, 6.45) is 1.37. The van der Waals surface area contributed by atoms with E-state index < -0.39 is 0 Å². The van der Waals surface area contributed by atoms with Gasteiger partial charge in [-0.3, -0.25) is 4.90 Å². The van der Waals surface area contributed by atoms with Gasteiger partial charge in [0.25, 0.3) is 0 Å². The largest absolute Gasteiger partial charge is 0.338 e. The van der Waals surface area contributed by atoms with Crippen molar-refractivity contribution < 1.29 is 9.32 Å². The second-order valence-electron chi connectivity index (χ2n) is 7.06. The number of hydrogen-bond acceptors (Lipinski definition) is 5. The second-order valence-corrected chi connectivity index (χ2v) is 7.06. The van der Waals surface area contributed by atoms with E-state index in [0.717, 1.165) is 24.2 Å². The van der Waals surface area contributed by atoms with E-state index in [1.165, 1.54) is 0 Å². The first-order valence-electron chi connectivity index (χ1n) is 9.36. The van der Waals surface area contributed by atoms with E-state index in [1.54, 1.807) is 0 Å². The van der Waals surface area contributed by atoms with E-state index in [0.29, 0.717) is 18.1 Å². The number of para-hydroxylation sites is 1. The monoisotopic (exact) mass is 377 g/mol. The fourth-order valence-electron chi connectivity index (χ4n) is 3.52. The minimum absolute atomic E-state index is 0.000881. The quantitative estimate of drug-likeness (QED) is 0.713. The van der Waals surface area contributed by atoms with E-state index in [-0.39, 0.29) is 18.1 Å². The lowest BCUT2D eigenvalue weighted by molar-refractivity contribution is 0.243. The number of rotatable bonds is 5. The molecular weight excluding hydrogens is 354 g/mol. The SMILES string of the molecule is CN1CC(NC(=O)Nc2ccccc2)CC1c1nc(Cc2ccccc2)no1. The molecular formula is C21H23N5O2. The predicted octanol–water partition coefficient (Wildman–Crippen LogP) is 3.23. The van der Waals surface area contributed by atoms with E-state index in [9.17, 15) is 4.79 Å². The molecule has 0 spiro atoms. The smallest absolute Gasteiger partial charge is 0.319 e. The standard InChI is InChI=1S/C21H23N5O2/c1-26-14-17(23-21(27)22-16-10-6-3-7-11-16)13-18(26)20-24-19(25-28-20)12-15-8-4-2-5-9-15/h2-11,17-18H,12-14H2,1H3,(H2,22,23,27). The van der Waals surface area contributed by atoms with Crippen molar-refractivity contribution in [1.82, 2.24) is 20.4 Å². The molecule has 28 heavy (non-hydrogen) atoms. The van der Waals surface area contributed by atoms with Crippen molar-refractivity contribution in [2.45, 2.75) is 24.9 Å². The molecule has 2 unspecified atom stereocenters. The van der Waals surface area contributed by atoms with Gasteiger partial charge in [0.2, 0.25) is 5.89 Å². The number of carbonyl (C=O) groups is 1. The Morgan fingerprint density at radius 1 is 1.14 bits per heavy atom. The average Bonchev–Trinajstić information content (AvgIpc) is 3.29. The summed E-state index contributed by atoms with van der Waals surface area (Å²) in [6.45, 7) is 0.725. The third-order valence-corrected chi connectivity index (χ3v) is 4.89. The van der Waals surface area contributed by atoms with Gasteiger partial charge in [-0.1, -0.05) is 53.7 Å². The van der Waals surface area contributed by atoms with Gasteiger partial charge < -0.3 is 15.2 Å². The van der Waals surface area contributed by atoms with Crippen molar-refractivity contribution in [2.24, 2.45) is 0 Å².